The molecule has 1 rings (SSSR count). The monoisotopic (exact) mass is 233 g/mol. The van der Waals surface area contributed by atoms with E-state index in [1.807, 2.05) is 49.1 Å². The minimum Gasteiger partial charge on any atom is -0.310 e. The molecule has 0 N–H and O–H groups in total. The highest BCUT2D eigenvalue weighted by Gasteiger charge is 2.23. The molecule has 0 aliphatic carbocycles. The Bertz CT molecular complexity index is 362. The Morgan fingerprint density at radius 2 is 1.71 bits per heavy atom. The normalized spacial score (nSPS) is 11.6. The van der Waals surface area contributed by atoms with Gasteiger partial charge in [-0.05, 0) is 31.4 Å². The molecule has 0 fully saturated rings. The molecule has 17 heavy (non-hydrogen) atoms. The first kappa shape index (κ1) is 13.8. The number of carbonyl (C=O) groups excluding carboxylic acids is 1. The largest absolute Gasteiger partial charge is 0.310 e. The van der Waals surface area contributed by atoms with E-state index in [2.05, 4.69) is 20.8 Å². The zero-order chi connectivity index (χ0) is 13.1. The Hall–Kier alpha value is -1.31. The number of nitrogens with zero attached hydrogens (tertiary/aromatic N) is 1. The van der Waals surface area contributed by atoms with Gasteiger partial charge in [-0.25, -0.2) is 0 Å². The van der Waals surface area contributed by atoms with Crippen LogP contribution in [0.15, 0.2) is 30.3 Å². The predicted molar refractivity (Wildman–Crippen MR) is 73.1 cm³/mol. The van der Waals surface area contributed by atoms with Crippen molar-refractivity contribution in [1.82, 2.24) is 0 Å². The van der Waals surface area contributed by atoms with Crippen molar-refractivity contribution in [3.05, 3.63) is 30.3 Å². The second-order valence-corrected chi connectivity index (χ2v) is 5.93. The fourth-order valence-corrected chi connectivity index (χ4v) is 1.86. The Morgan fingerprint density at radius 3 is 2.12 bits per heavy atom. The number of carbonyl (C=O) groups is 1. The van der Waals surface area contributed by atoms with Crippen LogP contribution in [0.3, 0.4) is 0 Å². The lowest BCUT2D eigenvalue weighted by Gasteiger charge is -2.30. The summed E-state index contributed by atoms with van der Waals surface area (Å²) in [5.74, 6) is 0.193. The van der Waals surface area contributed by atoms with E-state index >= 15 is 0 Å². The summed E-state index contributed by atoms with van der Waals surface area (Å²) in [5.41, 5.74) is 1.01. The number of amides is 1. The Morgan fingerprint density at radius 1 is 1.18 bits per heavy atom. The van der Waals surface area contributed by atoms with Crippen molar-refractivity contribution in [3.63, 3.8) is 0 Å². The van der Waals surface area contributed by atoms with E-state index < -0.39 is 0 Å². The summed E-state index contributed by atoms with van der Waals surface area (Å²) in [4.78, 5) is 14.2. The van der Waals surface area contributed by atoms with Crippen LogP contribution in [0, 0.1) is 5.41 Å². The fraction of sp³-hybridized carbons (Fsp3) is 0.533. The summed E-state index contributed by atoms with van der Waals surface area (Å²) in [6, 6.07) is 10.1. The number of benzene rings is 1. The SMILES string of the molecule is CC(C)N(C(=O)CC(C)(C)C)c1ccccc1. The van der Waals surface area contributed by atoms with Gasteiger partial charge < -0.3 is 4.90 Å². The van der Waals surface area contributed by atoms with E-state index in [1.165, 1.54) is 0 Å². The van der Waals surface area contributed by atoms with Crippen molar-refractivity contribution in [3.8, 4) is 0 Å². The molecule has 0 aliphatic rings. The molecular formula is C15H23NO. The van der Waals surface area contributed by atoms with Crippen molar-refractivity contribution < 1.29 is 4.79 Å². The Balaban J connectivity index is 2.92. The third kappa shape index (κ3) is 4.22. The summed E-state index contributed by atoms with van der Waals surface area (Å²) >= 11 is 0. The average molecular weight is 233 g/mol. The molecule has 1 aromatic rings. The van der Waals surface area contributed by atoms with E-state index in [0.717, 1.165) is 5.69 Å². The first-order valence-corrected chi connectivity index (χ1v) is 6.18. The second-order valence-electron chi connectivity index (χ2n) is 5.93. The minimum atomic E-state index is 0.0268. The summed E-state index contributed by atoms with van der Waals surface area (Å²) in [6.07, 6.45) is 0.570. The number of hydrogen-bond donors (Lipinski definition) is 0. The molecular weight excluding hydrogens is 210 g/mol. The van der Waals surface area contributed by atoms with Crippen molar-refractivity contribution in [2.24, 2.45) is 5.41 Å². The van der Waals surface area contributed by atoms with Crippen molar-refractivity contribution >= 4 is 11.6 Å². The molecule has 0 unspecified atom stereocenters. The van der Waals surface area contributed by atoms with Crippen LogP contribution in [0.25, 0.3) is 0 Å². The molecule has 94 valence electrons. The molecule has 0 saturated carbocycles. The topological polar surface area (TPSA) is 20.3 Å². The zero-order valence-electron chi connectivity index (χ0n) is 11.5. The smallest absolute Gasteiger partial charge is 0.227 e. The number of hydrogen-bond acceptors (Lipinski definition) is 1. The van der Waals surface area contributed by atoms with Crippen LogP contribution in [0.5, 0.6) is 0 Å². The van der Waals surface area contributed by atoms with Gasteiger partial charge in [0.25, 0.3) is 0 Å². The molecule has 0 saturated heterocycles. The lowest BCUT2D eigenvalue weighted by atomic mass is 9.91. The van der Waals surface area contributed by atoms with Gasteiger partial charge in [0, 0.05) is 18.2 Å². The molecule has 0 aromatic heterocycles. The summed E-state index contributed by atoms with van der Waals surface area (Å²) in [6.45, 7) is 10.4. The molecule has 1 amide bonds. The molecule has 0 atom stereocenters. The van der Waals surface area contributed by atoms with Crippen LogP contribution in [-0.2, 0) is 4.79 Å². The van der Waals surface area contributed by atoms with Crippen LogP contribution in [0.1, 0.15) is 41.0 Å². The van der Waals surface area contributed by atoms with Crippen LogP contribution in [0.4, 0.5) is 5.69 Å². The molecule has 1 aromatic carbocycles. The van der Waals surface area contributed by atoms with Gasteiger partial charge in [-0.3, -0.25) is 4.79 Å². The van der Waals surface area contributed by atoms with Crippen molar-refractivity contribution in [2.75, 3.05) is 4.90 Å². The highest BCUT2D eigenvalue weighted by atomic mass is 16.2. The predicted octanol–water partition coefficient (Wildman–Crippen LogP) is 3.86. The van der Waals surface area contributed by atoms with Gasteiger partial charge in [0.1, 0.15) is 0 Å². The molecule has 2 nitrogen and oxygen atoms in total. The maximum Gasteiger partial charge on any atom is 0.227 e. The average Bonchev–Trinajstić information content (AvgIpc) is 2.15. The fourth-order valence-electron chi connectivity index (χ4n) is 1.86. The molecule has 0 bridgehead atoms. The van der Waals surface area contributed by atoms with Crippen molar-refractivity contribution in [1.29, 1.82) is 0 Å². The number of para-hydroxylation sites is 1. The van der Waals surface area contributed by atoms with Crippen LogP contribution >= 0.6 is 0 Å². The van der Waals surface area contributed by atoms with E-state index in [4.69, 9.17) is 0 Å². The van der Waals surface area contributed by atoms with E-state index in [9.17, 15) is 4.79 Å². The summed E-state index contributed by atoms with van der Waals surface area (Å²) in [7, 11) is 0. The van der Waals surface area contributed by atoms with Gasteiger partial charge in [0.15, 0.2) is 0 Å². The van der Waals surface area contributed by atoms with Gasteiger partial charge in [0.05, 0.1) is 0 Å². The third-order valence-corrected chi connectivity index (χ3v) is 2.50. The van der Waals surface area contributed by atoms with Gasteiger partial charge in [0.2, 0.25) is 5.91 Å². The number of anilines is 1. The van der Waals surface area contributed by atoms with E-state index in [1.54, 1.807) is 0 Å². The van der Waals surface area contributed by atoms with E-state index in [0.29, 0.717) is 6.42 Å². The van der Waals surface area contributed by atoms with Crippen LogP contribution < -0.4 is 4.90 Å². The molecule has 2 heteroatoms. The third-order valence-electron chi connectivity index (χ3n) is 2.50. The highest BCUT2D eigenvalue weighted by Crippen LogP contribution is 2.24. The lowest BCUT2D eigenvalue weighted by molar-refractivity contribution is -0.120. The molecule has 0 spiro atoms. The van der Waals surface area contributed by atoms with Crippen LogP contribution in [0.2, 0.25) is 0 Å². The molecule has 0 aliphatic heterocycles. The maximum absolute atomic E-state index is 12.3. The van der Waals surface area contributed by atoms with Gasteiger partial charge in [-0.2, -0.15) is 0 Å². The Labute approximate surface area is 105 Å². The quantitative estimate of drug-likeness (QED) is 0.776. The van der Waals surface area contributed by atoms with Gasteiger partial charge in [-0.15, -0.1) is 0 Å². The van der Waals surface area contributed by atoms with Gasteiger partial charge in [-0.1, -0.05) is 39.0 Å². The Kier molecular flexibility index (Phi) is 4.33. The second kappa shape index (κ2) is 5.35. The minimum absolute atomic E-state index is 0.0268. The highest BCUT2D eigenvalue weighted by molar-refractivity contribution is 5.94. The summed E-state index contributed by atoms with van der Waals surface area (Å²) < 4.78 is 0. The maximum atomic E-state index is 12.3. The molecule has 0 heterocycles. The summed E-state index contributed by atoms with van der Waals surface area (Å²) in [5, 5.41) is 0. The van der Waals surface area contributed by atoms with Crippen molar-refractivity contribution in [2.45, 2.75) is 47.1 Å². The van der Waals surface area contributed by atoms with E-state index in [-0.39, 0.29) is 17.4 Å². The first-order chi connectivity index (χ1) is 7.81. The van der Waals surface area contributed by atoms with Crippen LogP contribution in [-0.4, -0.2) is 11.9 Å². The lowest BCUT2D eigenvalue weighted by Crippen LogP contribution is -2.38. The first-order valence-electron chi connectivity index (χ1n) is 6.18. The zero-order valence-corrected chi connectivity index (χ0v) is 11.5. The standard InChI is InChI=1S/C15H23NO/c1-12(2)16(13-9-7-6-8-10-13)14(17)11-15(3,4)5/h6-10,12H,11H2,1-5H3. The number of rotatable bonds is 3. The van der Waals surface area contributed by atoms with Gasteiger partial charge >= 0.3 is 0 Å². The molecule has 0 radical (unpaired) electrons.